The van der Waals surface area contributed by atoms with E-state index in [-0.39, 0.29) is 5.91 Å². The Morgan fingerprint density at radius 3 is 2.23 bits per heavy atom. The molecule has 1 rings (SSSR count). The molecule has 22 heavy (non-hydrogen) atoms. The molecule has 0 aliphatic rings. The Balaban J connectivity index is 2.48. The highest BCUT2D eigenvalue weighted by molar-refractivity contribution is 5.94. The van der Waals surface area contributed by atoms with Crippen LogP contribution in [0.2, 0.25) is 0 Å². The third-order valence-electron chi connectivity index (χ3n) is 3.89. The summed E-state index contributed by atoms with van der Waals surface area (Å²) in [6.45, 7) is 12.0. The molecule has 4 nitrogen and oxygen atoms in total. The average molecular weight is 306 g/mol. The molecule has 0 saturated heterocycles. The van der Waals surface area contributed by atoms with E-state index in [0.717, 1.165) is 12.8 Å². The van der Waals surface area contributed by atoms with Crippen LogP contribution < -0.4 is 10.8 Å². The van der Waals surface area contributed by atoms with Gasteiger partial charge in [0.25, 0.3) is 5.91 Å². The quantitative estimate of drug-likeness (QED) is 0.658. The Labute approximate surface area is 134 Å². The van der Waals surface area contributed by atoms with E-state index in [1.807, 2.05) is 0 Å². The number of carbonyl (C=O) groups is 1. The van der Waals surface area contributed by atoms with Gasteiger partial charge in [0.15, 0.2) is 0 Å². The standard InChI is InChI=1S/C18H30N2O2/c1-13(2)15(12-18(3,4)5)10-11-19-17(21)14-6-8-16(20-22)9-7-14/h6-9,13,15,20,22H,10-12H2,1-5H3,(H,19,21). The van der Waals surface area contributed by atoms with Crippen molar-refractivity contribution in [3.63, 3.8) is 0 Å². The molecule has 0 saturated carbocycles. The molecule has 0 radical (unpaired) electrons. The van der Waals surface area contributed by atoms with E-state index in [1.165, 1.54) is 0 Å². The van der Waals surface area contributed by atoms with Crippen molar-refractivity contribution in [3.8, 4) is 0 Å². The summed E-state index contributed by atoms with van der Waals surface area (Å²) in [4.78, 5) is 12.1. The molecule has 0 aromatic heterocycles. The van der Waals surface area contributed by atoms with Gasteiger partial charge in [0.2, 0.25) is 0 Å². The third-order valence-corrected chi connectivity index (χ3v) is 3.89. The summed E-state index contributed by atoms with van der Waals surface area (Å²) < 4.78 is 0. The van der Waals surface area contributed by atoms with Gasteiger partial charge in [0, 0.05) is 12.1 Å². The van der Waals surface area contributed by atoms with Crippen molar-refractivity contribution >= 4 is 11.6 Å². The van der Waals surface area contributed by atoms with Gasteiger partial charge in [-0.2, -0.15) is 0 Å². The summed E-state index contributed by atoms with van der Waals surface area (Å²) >= 11 is 0. The first-order valence-electron chi connectivity index (χ1n) is 8.01. The van der Waals surface area contributed by atoms with Crippen molar-refractivity contribution in [3.05, 3.63) is 29.8 Å². The molecule has 1 aromatic carbocycles. The van der Waals surface area contributed by atoms with Crippen molar-refractivity contribution < 1.29 is 10.0 Å². The highest BCUT2D eigenvalue weighted by atomic mass is 16.5. The van der Waals surface area contributed by atoms with E-state index in [0.29, 0.717) is 35.0 Å². The number of amides is 1. The zero-order valence-electron chi connectivity index (χ0n) is 14.4. The van der Waals surface area contributed by atoms with Crippen LogP contribution in [0.1, 0.15) is 57.8 Å². The fraction of sp³-hybridized carbons (Fsp3) is 0.611. The molecule has 0 spiro atoms. The topological polar surface area (TPSA) is 61.4 Å². The van der Waals surface area contributed by atoms with Gasteiger partial charge in [-0.1, -0.05) is 34.6 Å². The molecule has 3 N–H and O–H groups in total. The molecule has 124 valence electrons. The van der Waals surface area contributed by atoms with Crippen LogP contribution in [0.5, 0.6) is 0 Å². The zero-order chi connectivity index (χ0) is 16.8. The Kier molecular flexibility index (Phi) is 6.88. The maximum absolute atomic E-state index is 12.1. The van der Waals surface area contributed by atoms with Gasteiger partial charge in [-0.15, -0.1) is 0 Å². The van der Waals surface area contributed by atoms with E-state index in [1.54, 1.807) is 24.3 Å². The van der Waals surface area contributed by atoms with E-state index < -0.39 is 0 Å². The molecule has 0 heterocycles. The van der Waals surface area contributed by atoms with Crippen molar-refractivity contribution in [1.29, 1.82) is 0 Å². The maximum Gasteiger partial charge on any atom is 0.251 e. The monoisotopic (exact) mass is 306 g/mol. The average Bonchev–Trinajstić information content (AvgIpc) is 2.44. The maximum atomic E-state index is 12.1. The van der Waals surface area contributed by atoms with E-state index >= 15 is 0 Å². The second kappa shape index (κ2) is 8.18. The first kappa shape index (κ1) is 18.5. The Morgan fingerprint density at radius 1 is 1.18 bits per heavy atom. The predicted molar refractivity (Wildman–Crippen MR) is 91.2 cm³/mol. The smallest absolute Gasteiger partial charge is 0.251 e. The van der Waals surface area contributed by atoms with E-state index in [2.05, 4.69) is 45.4 Å². The molecule has 1 atom stereocenters. The lowest BCUT2D eigenvalue weighted by Crippen LogP contribution is -2.28. The van der Waals surface area contributed by atoms with Crippen molar-refractivity contribution in [2.75, 3.05) is 12.0 Å². The molecule has 0 aliphatic carbocycles. The first-order chi connectivity index (χ1) is 10.2. The molecular weight excluding hydrogens is 276 g/mol. The summed E-state index contributed by atoms with van der Waals surface area (Å²) in [5.74, 6) is 1.16. The number of hydrogen-bond donors (Lipinski definition) is 3. The minimum atomic E-state index is -0.0669. The summed E-state index contributed by atoms with van der Waals surface area (Å²) in [7, 11) is 0. The van der Waals surface area contributed by atoms with Gasteiger partial charge < -0.3 is 5.32 Å². The van der Waals surface area contributed by atoms with E-state index in [4.69, 9.17) is 5.21 Å². The lowest BCUT2D eigenvalue weighted by molar-refractivity contribution is 0.0948. The van der Waals surface area contributed by atoms with Gasteiger partial charge in [0.05, 0.1) is 5.69 Å². The Bertz CT molecular complexity index is 461. The second-order valence-electron chi connectivity index (χ2n) is 7.50. The van der Waals surface area contributed by atoms with Crippen LogP contribution in [0.15, 0.2) is 24.3 Å². The van der Waals surface area contributed by atoms with Crippen LogP contribution in [0.25, 0.3) is 0 Å². The molecule has 0 aliphatic heterocycles. The normalized spacial score (nSPS) is 13.0. The fourth-order valence-corrected chi connectivity index (χ4v) is 2.63. The van der Waals surface area contributed by atoms with Gasteiger partial charge in [-0.25, -0.2) is 0 Å². The fourth-order valence-electron chi connectivity index (χ4n) is 2.63. The molecule has 1 amide bonds. The SMILES string of the molecule is CC(C)C(CCNC(=O)c1ccc(NO)cc1)CC(C)(C)C. The van der Waals surface area contributed by atoms with E-state index in [9.17, 15) is 4.79 Å². The van der Waals surface area contributed by atoms with Gasteiger partial charge >= 0.3 is 0 Å². The van der Waals surface area contributed by atoms with Gasteiger partial charge in [-0.3, -0.25) is 15.5 Å². The number of hydrogen-bond acceptors (Lipinski definition) is 3. The predicted octanol–water partition coefficient (Wildman–Crippen LogP) is 4.32. The summed E-state index contributed by atoms with van der Waals surface area (Å²) in [5, 5.41) is 11.7. The Morgan fingerprint density at radius 2 is 1.77 bits per heavy atom. The summed E-state index contributed by atoms with van der Waals surface area (Å²) in [6.07, 6.45) is 2.16. The lowest BCUT2D eigenvalue weighted by Gasteiger charge is -2.29. The Hall–Kier alpha value is -1.55. The molecular formula is C18H30N2O2. The molecule has 1 unspecified atom stereocenters. The van der Waals surface area contributed by atoms with Gasteiger partial charge in [0.1, 0.15) is 0 Å². The number of nitrogens with one attached hydrogen (secondary N) is 2. The van der Waals surface area contributed by atoms with Crippen molar-refractivity contribution in [2.45, 2.75) is 47.5 Å². The number of rotatable bonds is 7. The summed E-state index contributed by atoms with van der Waals surface area (Å²) in [6, 6.07) is 6.74. The third kappa shape index (κ3) is 6.48. The molecule has 4 heteroatoms. The largest absolute Gasteiger partial charge is 0.352 e. The van der Waals surface area contributed by atoms with Crippen LogP contribution in [0.3, 0.4) is 0 Å². The number of carbonyl (C=O) groups excluding carboxylic acids is 1. The molecule has 1 aromatic rings. The van der Waals surface area contributed by atoms with Crippen LogP contribution in [0, 0.1) is 17.3 Å². The zero-order valence-corrected chi connectivity index (χ0v) is 14.4. The molecule has 0 fully saturated rings. The lowest BCUT2D eigenvalue weighted by atomic mass is 9.78. The number of anilines is 1. The summed E-state index contributed by atoms with van der Waals surface area (Å²) in [5.41, 5.74) is 3.54. The van der Waals surface area contributed by atoms with Crippen molar-refractivity contribution in [2.24, 2.45) is 17.3 Å². The van der Waals surface area contributed by atoms with Gasteiger partial charge in [-0.05, 0) is 54.4 Å². The minimum Gasteiger partial charge on any atom is -0.352 e. The highest BCUT2D eigenvalue weighted by Gasteiger charge is 2.21. The second-order valence-corrected chi connectivity index (χ2v) is 7.50. The number of benzene rings is 1. The van der Waals surface area contributed by atoms with Crippen LogP contribution in [-0.2, 0) is 0 Å². The van der Waals surface area contributed by atoms with Crippen LogP contribution in [-0.4, -0.2) is 17.7 Å². The van der Waals surface area contributed by atoms with Crippen molar-refractivity contribution in [1.82, 2.24) is 5.32 Å². The highest BCUT2D eigenvalue weighted by Crippen LogP contribution is 2.30. The first-order valence-corrected chi connectivity index (χ1v) is 8.01. The van der Waals surface area contributed by atoms with Crippen LogP contribution >= 0.6 is 0 Å². The molecule has 0 bridgehead atoms. The van der Waals surface area contributed by atoms with Crippen LogP contribution in [0.4, 0.5) is 5.69 Å². The minimum absolute atomic E-state index is 0.0669.